The first-order chi connectivity index (χ1) is 17.8. The van der Waals surface area contributed by atoms with Gasteiger partial charge >= 0.3 is 11.9 Å². The minimum atomic E-state index is -4.04. The van der Waals surface area contributed by atoms with Gasteiger partial charge in [0.15, 0.2) is 5.41 Å². The van der Waals surface area contributed by atoms with Crippen LogP contribution in [0.4, 0.5) is 5.69 Å². The molecule has 8 heteroatoms. The van der Waals surface area contributed by atoms with Crippen LogP contribution in [0.1, 0.15) is 29.0 Å². The fourth-order valence-electron chi connectivity index (χ4n) is 4.42. The van der Waals surface area contributed by atoms with Gasteiger partial charge in [0.1, 0.15) is 0 Å². The Morgan fingerprint density at radius 2 is 1.51 bits per heavy atom. The number of hydrogen-bond donors (Lipinski definition) is 0. The number of hydrogen-bond acceptors (Lipinski definition) is 6. The molecule has 0 aliphatic heterocycles. The summed E-state index contributed by atoms with van der Waals surface area (Å²) in [5.74, 6) is 3.95. The third-order valence-electron chi connectivity index (χ3n) is 6.48. The summed E-state index contributed by atoms with van der Waals surface area (Å²) in [5, 5.41) is 0. The van der Waals surface area contributed by atoms with Crippen molar-refractivity contribution >= 4 is 27.6 Å². The smallest absolute Gasteiger partial charge is 0.323 e. The van der Waals surface area contributed by atoms with Crippen LogP contribution in [0.25, 0.3) is 0 Å². The van der Waals surface area contributed by atoms with E-state index >= 15 is 0 Å². The summed E-state index contributed by atoms with van der Waals surface area (Å²) in [5.41, 5.74) is 1.02. The van der Waals surface area contributed by atoms with E-state index in [1.807, 2.05) is 37.3 Å². The first kappa shape index (κ1) is 26.0. The van der Waals surface area contributed by atoms with Gasteiger partial charge in [0, 0.05) is 11.5 Å². The fraction of sp³-hybridized carbons (Fsp3) is 0.241. The molecule has 0 bridgehead atoms. The van der Waals surface area contributed by atoms with Crippen LogP contribution in [0.2, 0.25) is 0 Å². The van der Waals surface area contributed by atoms with Gasteiger partial charge in [-0.15, -0.1) is 0 Å². The Bertz CT molecular complexity index is 1450. The van der Waals surface area contributed by atoms with Crippen molar-refractivity contribution in [2.24, 2.45) is 5.41 Å². The van der Waals surface area contributed by atoms with Crippen LogP contribution in [0, 0.1) is 24.2 Å². The molecular formula is C29H27NO6S. The maximum atomic E-state index is 13.9. The molecule has 1 atom stereocenters. The molecule has 0 N–H and O–H groups in total. The Hall–Kier alpha value is -4.09. The number of ether oxygens (including phenoxy) is 2. The maximum Gasteiger partial charge on any atom is 0.323 e. The van der Waals surface area contributed by atoms with Crippen LogP contribution in [0.5, 0.6) is 0 Å². The normalized spacial score (nSPS) is 15.6. The molecule has 1 unspecified atom stereocenters. The third kappa shape index (κ3) is 4.95. The Morgan fingerprint density at radius 3 is 2.14 bits per heavy atom. The number of aryl methyl sites for hydroxylation is 1. The molecule has 4 rings (SSSR count). The van der Waals surface area contributed by atoms with Crippen LogP contribution in [-0.4, -0.2) is 41.1 Å². The van der Waals surface area contributed by atoms with Crippen molar-refractivity contribution in [1.82, 2.24) is 0 Å². The van der Waals surface area contributed by atoms with E-state index in [9.17, 15) is 18.0 Å². The number of sulfonamides is 1. The van der Waals surface area contributed by atoms with E-state index in [0.717, 1.165) is 11.1 Å². The number of esters is 2. The summed E-state index contributed by atoms with van der Waals surface area (Å²) in [4.78, 5) is 25.4. The van der Waals surface area contributed by atoms with Crippen LogP contribution >= 0.6 is 0 Å². The summed E-state index contributed by atoms with van der Waals surface area (Å²) in [7, 11) is -1.62. The lowest BCUT2D eigenvalue weighted by Crippen LogP contribution is -2.33. The number of anilines is 1. The van der Waals surface area contributed by atoms with Crippen molar-refractivity contribution < 1.29 is 27.5 Å². The summed E-state index contributed by atoms with van der Waals surface area (Å²) in [6, 6.07) is 22.6. The second-order valence-corrected chi connectivity index (χ2v) is 10.6. The number of nitrogens with zero attached hydrogens (tertiary/aromatic N) is 1. The molecule has 0 spiro atoms. The van der Waals surface area contributed by atoms with E-state index in [2.05, 4.69) is 11.8 Å². The molecule has 1 aliphatic rings. The van der Waals surface area contributed by atoms with E-state index in [4.69, 9.17) is 9.47 Å². The van der Waals surface area contributed by atoms with Crippen molar-refractivity contribution in [3.63, 3.8) is 0 Å². The molecule has 37 heavy (non-hydrogen) atoms. The number of rotatable bonds is 7. The molecule has 0 saturated heterocycles. The zero-order valence-electron chi connectivity index (χ0n) is 20.8. The van der Waals surface area contributed by atoms with Gasteiger partial charge in [-0.1, -0.05) is 65.9 Å². The van der Waals surface area contributed by atoms with Crippen molar-refractivity contribution in [3.05, 3.63) is 95.6 Å². The number of methoxy groups -OCH3 is 2. The largest absolute Gasteiger partial charge is 0.468 e. The highest BCUT2D eigenvalue weighted by atomic mass is 32.2. The van der Waals surface area contributed by atoms with Crippen LogP contribution < -0.4 is 4.31 Å². The predicted molar refractivity (Wildman–Crippen MR) is 139 cm³/mol. The van der Waals surface area contributed by atoms with Crippen molar-refractivity contribution in [1.29, 1.82) is 0 Å². The highest BCUT2D eigenvalue weighted by Gasteiger charge is 2.69. The zero-order valence-corrected chi connectivity index (χ0v) is 21.6. The Morgan fingerprint density at radius 1 is 0.919 bits per heavy atom. The molecular weight excluding hydrogens is 490 g/mol. The van der Waals surface area contributed by atoms with Crippen molar-refractivity contribution in [2.75, 3.05) is 25.1 Å². The minimum absolute atomic E-state index is 0.109. The Labute approximate surface area is 217 Å². The van der Waals surface area contributed by atoms with Gasteiger partial charge in [-0.3, -0.25) is 13.9 Å². The summed E-state index contributed by atoms with van der Waals surface area (Å²) >= 11 is 0. The second kappa shape index (κ2) is 10.5. The van der Waals surface area contributed by atoms with Crippen molar-refractivity contribution in [2.45, 2.75) is 24.2 Å². The topological polar surface area (TPSA) is 90.0 Å². The van der Waals surface area contributed by atoms with E-state index < -0.39 is 33.3 Å². The predicted octanol–water partition coefficient (Wildman–Crippen LogP) is 4.06. The number of para-hydroxylation sites is 1. The minimum Gasteiger partial charge on any atom is -0.468 e. The van der Waals surface area contributed by atoms with Gasteiger partial charge in [-0.25, -0.2) is 8.42 Å². The quantitative estimate of drug-likeness (QED) is 0.267. The van der Waals surface area contributed by atoms with Crippen LogP contribution in [0.15, 0.2) is 83.8 Å². The lowest BCUT2D eigenvalue weighted by atomic mass is 9.97. The van der Waals surface area contributed by atoms with Gasteiger partial charge in [-0.2, -0.15) is 0 Å². The summed E-state index contributed by atoms with van der Waals surface area (Å²) in [6.07, 6.45) is 0.150. The molecule has 1 saturated carbocycles. The molecule has 7 nitrogen and oxygen atoms in total. The molecule has 0 heterocycles. The van der Waals surface area contributed by atoms with Gasteiger partial charge in [0.05, 0.1) is 31.3 Å². The molecule has 3 aromatic carbocycles. The lowest BCUT2D eigenvalue weighted by molar-refractivity contribution is -0.161. The Balaban J connectivity index is 1.81. The molecule has 1 fully saturated rings. The van der Waals surface area contributed by atoms with E-state index in [1.165, 1.54) is 18.5 Å². The van der Waals surface area contributed by atoms with Crippen molar-refractivity contribution in [3.8, 4) is 11.8 Å². The standard InChI is InChI=1S/C29H27NO6S/c1-21-15-17-23(18-16-21)37(33,34)30(19-9-12-22-10-5-4-6-11-22)26-14-8-7-13-24(26)25-20-29(25,27(31)35-2)28(32)36-3/h4-8,10-11,13-18,25H,19-20H2,1-3H3. The fourth-order valence-corrected chi connectivity index (χ4v) is 5.81. The van der Waals surface area contributed by atoms with Crippen LogP contribution in [0.3, 0.4) is 0 Å². The van der Waals surface area contributed by atoms with E-state index in [-0.39, 0.29) is 17.9 Å². The second-order valence-electron chi connectivity index (χ2n) is 8.76. The van der Waals surface area contributed by atoms with Crippen LogP contribution in [-0.2, 0) is 29.1 Å². The average molecular weight is 518 g/mol. The molecule has 0 amide bonds. The van der Waals surface area contributed by atoms with Gasteiger partial charge < -0.3 is 9.47 Å². The summed E-state index contributed by atoms with van der Waals surface area (Å²) < 4.78 is 38.9. The number of carbonyl (C=O) groups excluding carboxylic acids is 2. The first-order valence-electron chi connectivity index (χ1n) is 11.6. The Kier molecular flexibility index (Phi) is 7.37. The lowest BCUT2D eigenvalue weighted by Gasteiger charge is -2.25. The molecule has 0 radical (unpaired) electrons. The summed E-state index contributed by atoms with van der Waals surface area (Å²) in [6.45, 7) is 1.74. The molecule has 3 aromatic rings. The van der Waals surface area contributed by atoms with E-state index in [0.29, 0.717) is 11.3 Å². The van der Waals surface area contributed by atoms with E-state index in [1.54, 1.807) is 48.5 Å². The maximum absolute atomic E-state index is 13.9. The van der Waals surface area contributed by atoms with Gasteiger partial charge in [0.2, 0.25) is 0 Å². The average Bonchev–Trinajstić information content (AvgIpc) is 3.68. The third-order valence-corrected chi connectivity index (χ3v) is 8.25. The molecule has 0 aromatic heterocycles. The zero-order chi connectivity index (χ0) is 26.6. The SMILES string of the molecule is COC(=O)C1(C(=O)OC)CC1c1ccccc1N(CC#Cc1ccccc1)S(=O)(=O)c1ccc(C)cc1. The number of carbonyl (C=O) groups is 2. The monoisotopic (exact) mass is 517 g/mol. The highest BCUT2D eigenvalue weighted by Crippen LogP contribution is 2.62. The first-order valence-corrected chi connectivity index (χ1v) is 13.1. The number of benzene rings is 3. The molecule has 190 valence electrons. The van der Waals surface area contributed by atoms with Gasteiger partial charge in [-0.05, 0) is 49.2 Å². The molecule has 1 aliphatic carbocycles. The van der Waals surface area contributed by atoms with Gasteiger partial charge in [0.25, 0.3) is 10.0 Å². The highest BCUT2D eigenvalue weighted by molar-refractivity contribution is 7.92.